The van der Waals surface area contributed by atoms with Crippen molar-refractivity contribution in [3.05, 3.63) is 30.1 Å². The fourth-order valence-electron chi connectivity index (χ4n) is 1.83. The van der Waals surface area contributed by atoms with Crippen LogP contribution in [0.15, 0.2) is 24.3 Å². The summed E-state index contributed by atoms with van der Waals surface area (Å²) in [6.45, 7) is 2.64. The molecular weight excluding hydrogens is 221 g/mol. The third kappa shape index (κ3) is 3.71. The van der Waals surface area contributed by atoms with E-state index in [4.69, 9.17) is 0 Å². The minimum absolute atomic E-state index is 0.247. The number of hydrogen-bond acceptors (Lipinski definition) is 2. The van der Waals surface area contributed by atoms with E-state index < -0.39 is 0 Å². The average molecular weight is 237 g/mol. The van der Waals surface area contributed by atoms with Gasteiger partial charge in [-0.25, -0.2) is 9.18 Å². The van der Waals surface area contributed by atoms with Gasteiger partial charge in [-0.05, 0) is 49.7 Å². The van der Waals surface area contributed by atoms with Gasteiger partial charge in [-0.3, -0.25) is 0 Å². The molecule has 2 amide bonds. The Balaban J connectivity index is 1.74. The van der Waals surface area contributed by atoms with Crippen molar-refractivity contribution in [2.75, 3.05) is 25.0 Å². The summed E-state index contributed by atoms with van der Waals surface area (Å²) < 4.78 is 12.6. The van der Waals surface area contributed by atoms with Gasteiger partial charge in [0, 0.05) is 12.2 Å². The predicted molar refractivity (Wildman–Crippen MR) is 64.4 cm³/mol. The molecule has 0 bridgehead atoms. The lowest BCUT2D eigenvalue weighted by atomic mass is 10.1. The molecule has 0 saturated carbocycles. The SMILES string of the molecule is O=C(NCC1CCNC1)Nc1ccc(F)cc1. The van der Waals surface area contributed by atoms with E-state index in [2.05, 4.69) is 16.0 Å². The van der Waals surface area contributed by atoms with Gasteiger partial charge in [-0.2, -0.15) is 0 Å². The Labute approximate surface area is 99.6 Å². The number of amides is 2. The molecular formula is C12H16FN3O. The summed E-state index contributed by atoms with van der Waals surface area (Å²) in [6, 6.07) is 5.45. The third-order valence-electron chi connectivity index (χ3n) is 2.82. The van der Waals surface area contributed by atoms with Crippen molar-refractivity contribution in [3.63, 3.8) is 0 Å². The highest BCUT2D eigenvalue weighted by atomic mass is 19.1. The van der Waals surface area contributed by atoms with Crippen LogP contribution in [0.4, 0.5) is 14.9 Å². The third-order valence-corrected chi connectivity index (χ3v) is 2.82. The van der Waals surface area contributed by atoms with Gasteiger partial charge < -0.3 is 16.0 Å². The Bertz CT molecular complexity index is 374. The molecule has 0 aromatic heterocycles. The molecule has 92 valence electrons. The first-order valence-electron chi connectivity index (χ1n) is 5.75. The van der Waals surface area contributed by atoms with Crippen molar-refractivity contribution in [1.82, 2.24) is 10.6 Å². The molecule has 3 N–H and O–H groups in total. The first-order chi connectivity index (χ1) is 8.24. The summed E-state index contributed by atoms with van der Waals surface area (Å²) in [5.41, 5.74) is 0.591. The number of urea groups is 1. The van der Waals surface area contributed by atoms with Crippen LogP contribution in [0.5, 0.6) is 0 Å². The van der Waals surface area contributed by atoms with Gasteiger partial charge in [0.2, 0.25) is 0 Å². The summed E-state index contributed by atoms with van der Waals surface area (Å²) in [4.78, 5) is 11.5. The molecule has 0 spiro atoms. The summed E-state index contributed by atoms with van der Waals surface area (Å²) in [7, 11) is 0. The maximum Gasteiger partial charge on any atom is 0.319 e. The fourth-order valence-corrected chi connectivity index (χ4v) is 1.83. The molecule has 4 nitrogen and oxygen atoms in total. The number of carbonyl (C=O) groups is 1. The molecule has 5 heteroatoms. The zero-order valence-electron chi connectivity index (χ0n) is 9.50. The van der Waals surface area contributed by atoms with Crippen LogP contribution in [0.25, 0.3) is 0 Å². The molecule has 1 aliphatic rings. The van der Waals surface area contributed by atoms with E-state index in [1.54, 1.807) is 0 Å². The quantitative estimate of drug-likeness (QED) is 0.747. The van der Waals surface area contributed by atoms with E-state index in [0.29, 0.717) is 18.2 Å². The maximum absolute atomic E-state index is 12.6. The number of halogens is 1. The lowest BCUT2D eigenvalue weighted by Gasteiger charge is -2.11. The van der Waals surface area contributed by atoms with Crippen LogP contribution in [0.1, 0.15) is 6.42 Å². The van der Waals surface area contributed by atoms with Crippen LogP contribution in [0, 0.1) is 11.7 Å². The highest BCUT2D eigenvalue weighted by Gasteiger charge is 2.14. The lowest BCUT2D eigenvalue weighted by molar-refractivity contribution is 0.250. The van der Waals surface area contributed by atoms with Gasteiger partial charge in [0.15, 0.2) is 0 Å². The van der Waals surface area contributed by atoms with E-state index in [9.17, 15) is 9.18 Å². The molecule has 1 fully saturated rings. The summed E-state index contributed by atoms with van der Waals surface area (Å²) >= 11 is 0. The van der Waals surface area contributed by atoms with Gasteiger partial charge in [-0.15, -0.1) is 0 Å². The number of hydrogen-bond donors (Lipinski definition) is 3. The Hall–Kier alpha value is -1.62. The van der Waals surface area contributed by atoms with Crippen molar-refractivity contribution < 1.29 is 9.18 Å². The van der Waals surface area contributed by atoms with Crippen molar-refractivity contribution in [3.8, 4) is 0 Å². The van der Waals surface area contributed by atoms with Crippen LogP contribution in [0.3, 0.4) is 0 Å². The predicted octanol–water partition coefficient (Wildman–Crippen LogP) is 1.56. The summed E-state index contributed by atoms with van der Waals surface area (Å²) in [6.07, 6.45) is 1.09. The molecule has 1 atom stereocenters. The van der Waals surface area contributed by atoms with Crippen LogP contribution in [0.2, 0.25) is 0 Å². The number of carbonyl (C=O) groups excluding carboxylic acids is 1. The van der Waals surface area contributed by atoms with Crippen LogP contribution < -0.4 is 16.0 Å². The topological polar surface area (TPSA) is 53.2 Å². The minimum Gasteiger partial charge on any atom is -0.338 e. The van der Waals surface area contributed by atoms with Crippen LogP contribution in [-0.4, -0.2) is 25.7 Å². The second-order valence-corrected chi connectivity index (χ2v) is 4.20. The molecule has 17 heavy (non-hydrogen) atoms. The molecule has 2 rings (SSSR count). The smallest absolute Gasteiger partial charge is 0.319 e. The normalized spacial score (nSPS) is 19.0. The molecule has 1 aromatic carbocycles. The summed E-state index contributed by atoms with van der Waals surface area (Å²) in [5.74, 6) is 0.196. The molecule has 1 aliphatic heterocycles. The first kappa shape index (κ1) is 11.9. The second-order valence-electron chi connectivity index (χ2n) is 4.20. The highest BCUT2D eigenvalue weighted by molar-refractivity contribution is 5.89. The maximum atomic E-state index is 12.6. The second kappa shape index (κ2) is 5.63. The van der Waals surface area contributed by atoms with Gasteiger partial charge in [0.05, 0.1) is 0 Å². The van der Waals surface area contributed by atoms with Gasteiger partial charge in [0.1, 0.15) is 5.82 Å². The van der Waals surface area contributed by atoms with Crippen molar-refractivity contribution >= 4 is 11.7 Å². The number of anilines is 1. The Morgan fingerprint density at radius 3 is 2.82 bits per heavy atom. The number of benzene rings is 1. The molecule has 1 saturated heterocycles. The van der Waals surface area contributed by atoms with Gasteiger partial charge in [0.25, 0.3) is 0 Å². The zero-order chi connectivity index (χ0) is 12.1. The van der Waals surface area contributed by atoms with E-state index in [1.807, 2.05) is 0 Å². The zero-order valence-corrected chi connectivity index (χ0v) is 9.50. The first-order valence-corrected chi connectivity index (χ1v) is 5.75. The monoisotopic (exact) mass is 237 g/mol. The Kier molecular flexibility index (Phi) is 3.93. The Morgan fingerprint density at radius 1 is 1.41 bits per heavy atom. The van der Waals surface area contributed by atoms with Gasteiger partial charge >= 0.3 is 6.03 Å². The average Bonchev–Trinajstić information content (AvgIpc) is 2.83. The molecule has 1 unspecified atom stereocenters. The summed E-state index contributed by atoms with van der Waals surface area (Å²) in [5, 5.41) is 8.70. The number of nitrogens with one attached hydrogen (secondary N) is 3. The highest BCUT2D eigenvalue weighted by Crippen LogP contribution is 2.08. The van der Waals surface area contributed by atoms with Crippen LogP contribution in [-0.2, 0) is 0 Å². The Morgan fingerprint density at radius 2 is 2.18 bits per heavy atom. The fraction of sp³-hybridized carbons (Fsp3) is 0.417. The van der Waals surface area contributed by atoms with E-state index >= 15 is 0 Å². The van der Waals surface area contributed by atoms with E-state index in [0.717, 1.165) is 19.5 Å². The van der Waals surface area contributed by atoms with E-state index in [-0.39, 0.29) is 11.8 Å². The standard InChI is InChI=1S/C12H16FN3O/c13-10-1-3-11(4-2-10)16-12(17)15-8-9-5-6-14-7-9/h1-4,9,14H,5-8H2,(H2,15,16,17). The van der Waals surface area contributed by atoms with Crippen molar-refractivity contribution in [2.24, 2.45) is 5.92 Å². The molecule has 0 radical (unpaired) electrons. The molecule has 0 aliphatic carbocycles. The molecule has 1 aromatic rings. The van der Waals surface area contributed by atoms with E-state index in [1.165, 1.54) is 24.3 Å². The number of rotatable bonds is 3. The van der Waals surface area contributed by atoms with Crippen molar-refractivity contribution in [1.29, 1.82) is 0 Å². The largest absolute Gasteiger partial charge is 0.338 e. The molecule has 1 heterocycles. The van der Waals surface area contributed by atoms with Gasteiger partial charge in [-0.1, -0.05) is 0 Å². The van der Waals surface area contributed by atoms with Crippen molar-refractivity contribution in [2.45, 2.75) is 6.42 Å². The van der Waals surface area contributed by atoms with Crippen LogP contribution >= 0.6 is 0 Å². The lowest BCUT2D eigenvalue weighted by Crippen LogP contribution is -2.33. The minimum atomic E-state index is -0.312.